The smallest absolute Gasteiger partial charge is 0.156 e. The van der Waals surface area contributed by atoms with Gasteiger partial charge in [-0.3, -0.25) is 0 Å². The first-order chi connectivity index (χ1) is 8.95. The van der Waals surface area contributed by atoms with Gasteiger partial charge in [0, 0.05) is 13.0 Å². The molecule has 1 unspecified atom stereocenters. The molecule has 0 aliphatic carbocycles. The molecule has 0 aromatic rings. The molecule has 0 rings (SSSR count). The van der Waals surface area contributed by atoms with Crippen molar-refractivity contribution in [3.8, 4) is 0 Å². The third-order valence-electron chi connectivity index (χ3n) is 2.32. The van der Waals surface area contributed by atoms with Gasteiger partial charge in [-0.1, -0.05) is 0 Å². The molecule has 0 radical (unpaired) electrons. The second-order valence-corrected chi connectivity index (χ2v) is 6.50. The minimum atomic E-state index is -0.672. The van der Waals surface area contributed by atoms with E-state index in [4.69, 9.17) is 9.47 Å². The fourth-order valence-electron chi connectivity index (χ4n) is 1.47. The Labute approximate surface area is 122 Å². The van der Waals surface area contributed by atoms with Crippen LogP contribution in [0.1, 0.15) is 47.0 Å². The molecule has 1 atom stereocenters. The third-order valence-corrected chi connectivity index (χ3v) is 3.23. The van der Waals surface area contributed by atoms with Gasteiger partial charge in [-0.15, -0.1) is 11.8 Å². The zero-order valence-electron chi connectivity index (χ0n) is 12.9. The van der Waals surface area contributed by atoms with E-state index < -0.39 is 6.29 Å². The number of nitrogens with one attached hydrogen (secondary N) is 1. The van der Waals surface area contributed by atoms with E-state index >= 15 is 0 Å². The Hall–Kier alpha value is 0.190. The van der Waals surface area contributed by atoms with Crippen molar-refractivity contribution in [3.05, 3.63) is 0 Å². The lowest BCUT2D eigenvalue weighted by molar-refractivity contribution is -0.167. The highest BCUT2D eigenvalue weighted by molar-refractivity contribution is 7.99. The molecular formula is C14H31NO3S. The van der Waals surface area contributed by atoms with Gasteiger partial charge in [0.25, 0.3) is 0 Å². The van der Waals surface area contributed by atoms with Crippen molar-refractivity contribution in [2.45, 2.75) is 58.8 Å². The first kappa shape index (κ1) is 19.2. The van der Waals surface area contributed by atoms with Crippen molar-refractivity contribution in [2.24, 2.45) is 0 Å². The van der Waals surface area contributed by atoms with Crippen LogP contribution >= 0.6 is 11.8 Å². The molecule has 5 heteroatoms. The number of aliphatic hydroxyl groups excluding tert-OH is 1. The van der Waals surface area contributed by atoms with Crippen LogP contribution in [0, 0.1) is 0 Å². The number of hydrogen-bond donors (Lipinski definition) is 2. The Kier molecular flexibility index (Phi) is 12.1. The predicted molar refractivity (Wildman–Crippen MR) is 82.5 cm³/mol. The molecule has 0 spiro atoms. The minimum absolute atomic E-state index is 0.281. The lowest BCUT2D eigenvalue weighted by Gasteiger charge is -2.24. The Balaban J connectivity index is 3.18. The van der Waals surface area contributed by atoms with Gasteiger partial charge in [0.15, 0.2) is 6.29 Å². The Morgan fingerprint density at radius 3 is 2.58 bits per heavy atom. The van der Waals surface area contributed by atoms with Crippen molar-refractivity contribution >= 4 is 11.8 Å². The Morgan fingerprint density at radius 1 is 1.21 bits per heavy atom. The molecule has 0 fully saturated rings. The topological polar surface area (TPSA) is 50.7 Å². The lowest BCUT2D eigenvalue weighted by atomic mass is 10.2. The Morgan fingerprint density at radius 2 is 1.95 bits per heavy atom. The molecule has 0 amide bonds. The van der Waals surface area contributed by atoms with Crippen LogP contribution in [0.4, 0.5) is 0 Å². The zero-order valence-corrected chi connectivity index (χ0v) is 13.7. The summed E-state index contributed by atoms with van der Waals surface area (Å²) in [5.74, 6) is 1.96. The van der Waals surface area contributed by atoms with Crippen molar-refractivity contribution in [2.75, 3.05) is 31.4 Å². The van der Waals surface area contributed by atoms with Gasteiger partial charge in [-0.25, -0.2) is 0 Å². The van der Waals surface area contributed by atoms with Crippen LogP contribution in [-0.2, 0) is 9.47 Å². The molecule has 2 N–H and O–H groups in total. The fraction of sp³-hybridized carbons (Fsp3) is 1.00. The van der Waals surface area contributed by atoms with Crippen LogP contribution in [0.2, 0.25) is 0 Å². The van der Waals surface area contributed by atoms with Gasteiger partial charge in [-0.05, 0) is 59.4 Å². The summed E-state index contributed by atoms with van der Waals surface area (Å²) in [4.78, 5) is 0. The fourth-order valence-corrected chi connectivity index (χ4v) is 2.28. The largest absolute Gasteiger partial charge is 0.371 e. The number of ether oxygens (including phenoxy) is 2. The van der Waals surface area contributed by atoms with E-state index in [1.807, 2.05) is 39.5 Å². The number of hydrogen-bond acceptors (Lipinski definition) is 5. The number of aliphatic hydroxyl groups is 1. The summed E-state index contributed by atoms with van der Waals surface area (Å²) in [7, 11) is 0. The average Bonchev–Trinajstić information content (AvgIpc) is 2.29. The van der Waals surface area contributed by atoms with Gasteiger partial charge in [0.05, 0.1) is 11.5 Å². The monoisotopic (exact) mass is 293 g/mol. The summed E-state index contributed by atoms with van der Waals surface area (Å²) in [6, 6.07) is 0. The molecule has 0 saturated heterocycles. The molecule has 0 aliphatic heterocycles. The molecule has 116 valence electrons. The van der Waals surface area contributed by atoms with Gasteiger partial charge >= 0.3 is 0 Å². The normalized spacial score (nSPS) is 13.7. The first-order valence-electron chi connectivity index (χ1n) is 7.18. The third kappa shape index (κ3) is 16.1. The molecule has 0 aliphatic rings. The van der Waals surface area contributed by atoms with E-state index in [-0.39, 0.29) is 5.60 Å². The average molecular weight is 293 g/mol. The molecule has 0 aromatic carbocycles. The van der Waals surface area contributed by atoms with Crippen molar-refractivity contribution < 1.29 is 14.6 Å². The van der Waals surface area contributed by atoms with Crippen LogP contribution < -0.4 is 5.32 Å². The number of unbranched alkanes of at least 4 members (excludes halogenated alkanes) is 1. The highest BCUT2D eigenvalue weighted by Gasteiger charge is 2.15. The maximum atomic E-state index is 9.63. The van der Waals surface area contributed by atoms with Crippen LogP contribution in [0.3, 0.4) is 0 Å². The van der Waals surface area contributed by atoms with Crippen molar-refractivity contribution in [1.29, 1.82) is 0 Å². The predicted octanol–water partition coefficient (Wildman–Crippen LogP) is 2.61. The molecule has 4 nitrogen and oxygen atoms in total. The molecule has 0 aromatic heterocycles. The SMILES string of the molecule is CCOCSCCCCNCCC(O)OC(C)(C)C. The van der Waals surface area contributed by atoms with E-state index in [1.165, 1.54) is 6.42 Å². The zero-order chi connectivity index (χ0) is 14.6. The number of rotatable bonds is 12. The van der Waals surface area contributed by atoms with E-state index in [0.717, 1.165) is 37.8 Å². The first-order valence-corrected chi connectivity index (χ1v) is 8.33. The van der Waals surface area contributed by atoms with E-state index in [1.54, 1.807) is 0 Å². The van der Waals surface area contributed by atoms with Gasteiger partial charge in [-0.2, -0.15) is 0 Å². The van der Waals surface area contributed by atoms with Crippen molar-refractivity contribution in [3.63, 3.8) is 0 Å². The van der Waals surface area contributed by atoms with Crippen LogP contribution in [-0.4, -0.2) is 48.4 Å². The van der Waals surface area contributed by atoms with E-state index in [0.29, 0.717) is 6.42 Å². The van der Waals surface area contributed by atoms with Gasteiger partial charge in [0.2, 0.25) is 0 Å². The van der Waals surface area contributed by atoms with Gasteiger partial charge < -0.3 is 19.9 Å². The summed E-state index contributed by atoms with van der Waals surface area (Å²) in [5, 5.41) is 13.0. The summed E-state index contributed by atoms with van der Waals surface area (Å²) in [5.41, 5.74) is -0.281. The Bertz CT molecular complexity index is 198. The van der Waals surface area contributed by atoms with Crippen LogP contribution in [0.25, 0.3) is 0 Å². The number of thioether (sulfide) groups is 1. The highest BCUT2D eigenvalue weighted by atomic mass is 32.2. The van der Waals surface area contributed by atoms with E-state index in [2.05, 4.69) is 5.32 Å². The molecule has 0 bridgehead atoms. The lowest BCUT2D eigenvalue weighted by Crippen LogP contribution is -2.30. The van der Waals surface area contributed by atoms with Crippen LogP contribution in [0.5, 0.6) is 0 Å². The molecule has 0 heterocycles. The molecule has 0 saturated carbocycles. The quantitative estimate of drug-likeness (QED) is 0.428. The standard InChI is InChI=1S/C14H31NO3S/c1-5-17-12-19-11-7-6-9-15-10-8-13(16)18-14(2,3)4/h13,15-16H,5-12H2,1-4H3. The summed E-state index contributed by atoms with van der Waals surface area (Å²) < 4.78 is 10.7. The highest BCUT2D eigenvalue weighted by Crippen LogP contribution is 2.10. The van der Waals surface area contributed by atoms with Gasteiger partial charge in [0.1, 0.15) is 0 Å². The second kappa shape index (κ2) is 12.0. The van der Waals surface area contributed by atoms with Crippen molar-refractivity contribution in [1.82, 2.24) is 5.32 Å². The summed E-state index contributed by atoms with van der Waals surface area (Å²) in [6.45, 7) is 10.5. The molecular weight excluding hydrogens is 262 g/mol. The van der Waals surface area contributed by atoms with E-state index in [9.17, 15) is 5.11 Å². The summed E-state index contributed by atoms with van der Waals surface area (Å²) in [6.07, 6.45) is 2.33. The minimum Gasteiger partial charge on any atom is -0.371 e. The maximum absolute atomic E-state index is 9.63. The van der Waals surface area contributed by atoms with Crippen LogP contribution in [0.15, 0.2) is 0 Å². The summed E-state index contributed by atoms with van der Waals surface area (Å²) >= 11 is 1.84. The maximum Gasteiger partial charge on any atom is 0.156 e. The second-order valence-electron chi connectivity index (χ2n) is 5.45. The molecule has 19 heavy (non-hydrogen) atoms.